The maximum Gasteiger partial charge on any atom is 0.306 e. The number of rotatable bonds is 8. The molecular weight excluding hydrogens is 302 g/mol. The number of hydrogen-bond donors (Lipinski definition) is 2. The molecule has 0 saturated carbocycles. The van der Waals surface area contributed by atoms with Crippen molar-refractivity contribution >= 4 is 5.97 Å². The molecule has 1 rings (SSSR count). The average molecular weight is 340 g/mol. The van der Waals surface area contributed by atoms with Gasteiger partial charge in [0.05, 0.1) is 5.60 Å². The molecule has 24 heavy (non-hydrogen) atoms. The molecule has 0 bridgehead atoms. The molecule has 0 saturated heterocycles. The van der Waals surface area contributed by atoms with Gasteiger partial charge in [0.25, 0.3) is 0 Å². The summed E-state index contributed by atoms with van der Waals surface area (Å²) in [5.74, 6) is 0.283. The van der Waals surface area contributed by atoms with Crippen molar-refractivity contribution in [2.24, 2.45) is 17.6 Å². The lowest BCUT2D eigenvalue weighted by Gasteiger charge is -2.37. The molecule has 3 unspecified atom stereocenters. The van der Waals surface area contributed by atoms with Crippen LogP contribution in [0.3, 0.4) is 0 Å². The van der Waals surface area contributed by atoms with Gasteiger partial charge in [-0.1, -0.05) is 25.0 Å². The van der Waals surface area contributed by atoms with Crippen LogP contribution in [0.4, 0.5) is 0 Å². The van der Waals surface area contributed by atoms with Gasteiger partial charge >= 0.3 is 5.97 Å². The number of carbonyl (C=O) groups excluding carboxylic acids is 1. The first-order valence-corrected chi connectivity index (χ1v) is 9.58. The van der Waals surface area contributed by atoms with Crippen LogP contribution >= 0.6 is 0 Å². The van der Waals surface area contributed by atoms with E-state index in [-0.39, 0.29) is 23.9 Å². The molecular formula is C20H37NO3. The second kappa shape index (κ2) is 10.2. The molecule has 0 aliphatic heterocycles. The summed E-state index contributed by atoms with van der Waals surface area (Å²) in [4.78, 5) is 12.1. The highest BCUT2D eigenvalue weighted by molar-refractivity contribution is 5.69. The fraction of sp³-hybridized carbons (Fsp3) is 0.850. The van der Waals surface area contributed by atoms with Crippen LogP contribution in [0.25, 0.3) is 0 Å². The lowest BCUT2D eigenvalue weighted by molar-refractivity contribution is -0.152. The Balaban J connectivity index is 2.92. The Morgan fingerprint density at radius 3 is 2.79 bits per heavy atom. The van der Waals surface area contributed by atoms with Crippen LogP contribution in [0.5, 0.6) is 0 Å². The van der Waals surface area contributed by atoms with Gasteiger partial charge in [-0.15, -0.1) is 0 Å². The van der Waals surface area contributed by atoms with E-state index in [1.54, 1.807) is 0 Å². The van der Waals surface area contributed by atoms with Gasteiger partial charge in [-0.25, -0.2) is 0 Å². The van der Waals surface area contributed by atoms with Crippen LogP contribution in [0.1, 0.15) is 79.1 Å². The fourth-order valence-electron chi connectivity index (χ4n) is 3.64. The van der Waals surface area contributed by atoms with Gasteiger partial charge in [0.2, 0.25) is 0 Å². The van der Waals surface area contributed by atoms with Crippen molar-refractivity contribution < 1.29 is 14.6 Å². The van der Waals surface area contributed by atoms with Gasteiger partial charge in [0, 0.05) is 12.3 Å². The molecule has 0 fully saturated rings. The molecule has 1 aliphatic carbocycles. The summed E-state index contributed by atoms with van der Waals surface area (Å²) in [6.07, 6.45) is 9.13. The molecule has 4 nitrogen and oxygen atoms in total. The molecule has 0 heterocycles. The average Bonchev–Trinajstić information content (AvgIpc) is 2.48. The molecule has 1 aliphatic rings. The highest BCUT2D eigenvalue weighted by Crippen LogP contribution is 2.37. The Kier molecular flexibility index (Phi) is 8.99. The van der Waals surface area contributed by atoms with Crippen LogP contribution in [-0.2, 0) is 9.53 Å². The predicted molar refractivity (Wildman–Crippen MR) is 98.6 cm³/mol. The molecule has 0 aromatic rings. The maximum atomic E-state index is 12.1. The van der Waals surface area contributed by atoms with E-state index in [1.165, 1.54) is 5.57 Å². The number of esters is 1. The standard InChI is InChI=1S/C20H37NO3/c1-5-9-18(24-19(22)12-8-13-21)17-14-16(20(3,4)23)11-7-6-10-15(17)2/h10,16-18,23H,5-9,11-14,21H2,1-4H3/b15-10-. The van der Waals surface area contributed by atoms with Crippen molar-refractivity contribution in [3.05, 3.63) is 11.6 Å². The molecule has 3 N–H and O–H groups in total. The van der Waals surface area contributed by atoms with Gasteiger partial charge in [0.1, 0.15) is 6.10 Å². The highest BCUT2D eigenvalue weighted by atomic mass is 16.5. The Bertz CT molecular complexity index is 412. The SMILES string of the molecule is CCCC(OC(=O)CCCN)C1CC(C(C)(C)O)CCC/C=C\1C. The van der Waals surface area contributed by atoms with Gasteiger partial charge in [-0.2, -0.15) is 0 Å². The van der Waals surface area contributed by atoms with Crippen molar-refractivity contribution in [2.45, 2.75) is 90.8 Å². The summed E-state index contributed by atoms with van der Waals surface area (Å²) < 4.78 is 5.84. The molecule has 0 aromatic carbocycles. The van der Waals surface area contributed by atoms with E-state index >= 15 is 0 Å². The Morgan fingerprint density at radius 1 is 1.50 bits per heavy atom. The monoisotopic (exact) mass is 339 g/mol. The second-order valence-electron chi connectivity index (χ2n) is 7.78. The first-order valence-electron chi connectivity index (χ1n) is 9.58. The van der Waals surface area contributed by atoms with Gasteiger partial charge in [-0.3, -0.25) is 4.79 Å². The van der Waals surface area contributed by atoms with Crippen LogP contribution in [0.15, 0.2) is 11.6 Å². The molecule has 3 atom stereocenters. The van der Waals surface area contributed by atoms with Crippen molar-refractivity contribution in [3.8, 4) is 0 Å². The van der Waals surface area contributed by atoms with Crippen molar-refractivity contribution in [1.82, 2.24) is 0 Å². The third kappa shape index (κ3) is 6.94. The third-order valence-corrected chi connectivity index (χ3v) is 5.24. The van der Waals surface area contributed by atoms with Crippen LogP contribution < -0.4 is 5.73 Å². The summed E-state index contributed by atoms with van der Waals surface area (Å²) in [5, 5.41) is 10.5. The first-order chi connectivity index (χ1) is 11.3. The Hall–Kier alpha value is -0.870. The van der Waals surface area contributed by atoms with E-state index in [0.29, 0.717) is 19.4 Å². The van der Waals surface area contributed by atoms with E-state index < -0.39 is 5.60 Å². The quantitative estimate of drug-likeness (QED) is 0.518. The zero-order valence-electron chi connectivity index (χ0n) is 16.0. The number of ether oxygens (including phenoxy) is 1. The molecule has 0 radical (unpaired) electrons. The molecule has 4 heteroatoms. The van der Waals surface area contributed by atoms with E-state index in [1.807, 2.05) is 13.8 Å². The Labute approximate surface area is 147 Å². The summed E-state index contributed by atoms with van der Waals surface area (Å²) in [6, 6.07) is 0. The molecule has 0 aromatic heterocycles. The Morgan fingerprint density at radius 2 is 2.21 bits per heavy atom. The van der Waals surface area contributed by atoms with E-state index in [2.05, 4.69) is 19.9 Å². The predicted octanol–water partition coefficient (Wildman–Crippen LogP) is 3.96. The number of hydrogen-bond acceptors (Lipinski definition) is 4. The number of aliphatic hydroxyl groups is 1. The van der Waals surface area contributed by atoms with E-state index in [4.69, 9.17) is 10.5 Å². The highest BCUT2D eigenvalue weighted by Gasteiger charge is 2.34. The van der Waals surface area contributed by atoms with Crippen molar-refractivity contribution in [1.29, 1.82) is 0 Å². The zero-order valence-corrected chi connectivity index (χ0v) is 16.0. The van der Waals surface area contributed by atoms with Crippen LogP contribution in [0, 0.1) is 11.8 Å². The smallest absolute Gasteiger partial charge is 0.306 e. The normalized spacial score (nSPS) is 26.0. The first kappa shape index (κ1) is 21.2. The molecule has 0 amide bonds. The summed E-state index contributed by atoms with van der Waals surface area (Å²) in [7, 11) is 0. The minimum absolute atomic E-state index is 0.0977. The van der Waals surface area contributed by atoms with Crippen molar-refractivity contribution in [3.63, 3.8) is 0 Å². The maximum absolute atomic E-state index is 12.1. The minimum atomic E-state index is -0.698. The largest absolute Gasteiger partial charge is 0.462 e. The summed E-state index contributed by atoms with van der Waals surface area (Å²) in [6.45, 7) is 8.58. The summed E-state index contributed by atoms with van der Waals surface area (Å²) in [5.41, 5.74) is 6.09. The number of carbonyl (C=O) groups is 1. The lowest BCUT2D eigenvalue weighted by atomic mass is 9.74. The lowest BCUT2D eigenvalue weighted by Crippen LogP contribution is -2.37. The fourth-order valence-corrected chi connectivity index (χ4v) is 3.64. The van der Waals surface area contributed by atoms with Gasteiger partial charge < -0.3 is 15.6 Å². The number of nitrogens with two attached hydrogens (primary N) is 1. The zero-order chi connectivity index (χ0) is 18.2. The van der Waals surface area contributed by atoms with E-state index in [0.717, 1.165) is 38.5 Å². The van der Waals surface area contributed by atoms with Crippen LogP contribution in [-0.4, -0.2) is 29.3 Å². The third-order valence-electron chi connectivity index (χ3n) is 5.24. The van der Waals surface area contributed by atoms with Crippen LogP contribution in [0.2, 0.25) is 0 Å². The number of allylic oxidation sites excluding steroid dienone is 1. The topological polar surface area (TPSA) is 72.5 Å². The molecule has 0 spiro atoms. The van der Waals surface area contributed by atoms with E-state index in [9.17, 15) is 9.90 Å². The molecule has 140 valence electrons. The minimum Gasteiger partial charge on any atom is -0.462 e. The summed E-state index contributed by atoms with van der Waals surface area (Å²) >= 11 is 0. The van der Waals surface area contributed by atoms with Gasteiger partial charge in [0.15, 0.2) is 0 Å². The van der Waals surface area contributed by atoms with Crippen molar-refractivity contribution in [2.75, 3.05) is 6.54 Å². The van der Waals surface area contributed by atoms with Gasteiger partial charge in [-0.05, 0) is 71.8 Å². The second-order valence-corrected chi connectivity index (χ2v) is 7.78.